The van der Waals surface area contributed by atoms with Crippen molar-refractivity contribution in [1.82, 2.24) is 4.57 Å². The Hall–Kier alpha value is -1.80. The van der Waals surface area contributed by atoms with Crippen LogP contribution in [0.2, 0.25) is 0 Å². The number of anilines is 1. The van der Waals surface area contributed by atoms with Crippen LogP contribution >= 0.6 is 0 Å². The van der Waals surface area contributed by atoms with Gasteiger partial charge in [0.15, 0.2) is 0 Å². The average Bonchev–Trinajstić information content (AvgIpc) is 2.39. The van der Waals surface area contributed by atoms with Crippen LogP contribution in [0.5, 0.6) is 0 Å². The second-order valence-electron chi connectivity index (χ2n) is 3.90. The van der Waals surface area contributed by atoms with Crippen LogP contribution in [0.25, 0.3) is 0 Å². The number of nitrogens with zero attached hydrogens (tertiary/aromatic N) is 3. The van der Waals surface area contributed by atoms with Gasteiger partial charge in [0, 0.05) is 25.8 Å². The van der Waals surface area contributed by atoms with Crippen molar-refractivity contribution in [3.05, 3.63) is 28.7 Å². The first kappa shape index (κ1) is 11.7. The molecule has 1 aromatic rings. The molecule has 0 radical (unpaired) electrons. The van der Waals surface area contributed by atoms with Gasteiger partial charge in [0.05, 0.1) is 25.7 Å². The van der Waals surface area contributed by atoms with Crippen LogP contribution in [0.1, 0.15) is 6.42 Å². The summed E-state index contributed by atoms with van der Waals surface area (Å²) >= 11 is 0. The van der Waals surface area contributed by atoms with Crippen LogP contribution < -0.4 is 10.5 Å². The molecule has 2 rings (SSSR count). The Morgan fingerprint density at radius 1 is 1.41 bits per heavy atom. The van der Waals surface area contributed by atoms with Crippen molar-refractivity contribution < 1.29 is 4.74 Å². The van der Waals surface area contributed by atoms with E-state index in [-0.39, 0.29) is 5.56 Å². The van der Waals surface area contributed by atoms with E-state index in [0.717, 1.165) is 13.1 Å². The van der Waals surface area contributed by atoms with E-state index in [4.69, 9.17) is 10.00 Å². The average molecular weight is 233 g/mol. The minimum atomic E-state index is -0.0235. The molecule has 0 bridgehead atoms. The van der Waals surface area contributed by atoms with Gasteiger partial charge < -0.3 is 14.2 Å². The minimum Gasteiger partial charge on any atom is -0.378 e. The van der Waals surface area contributed by atoms with E-state index in [1.165, 1.54) is 0 Å². The molecular formula is C12H15N3O2. The second-order valence-corrected chi connectivity index (χ2v) is 3.90. The largest absolute Gasteiger partial charge is 0.378 e. The van der Waals surface area contributed by atoms with E-state index >= 15 is 0 Å². The highest BCUT2D eigenvalue weighted by Gasteiger charge is 2.14. The van der Waals surface area contributed by atoms with Crippen molar-refractivity contribution in [2.75, 3.05) is 31.2 Å². The number of hydrogen-bond acceptors (Lipinski definition) is 4. The van der Waals surface area contributed by atoms with Crippen LogP contribution in [0.3, 0.4) is 0 Å². The predicted molar refractivity (Wildman–Crippen MR) is 64.0 cm³/mol. The summed E-state index contributed by atoms with van der Waals surface area (Å²) in [4.78, 5) is 14.2. The van der Waals surface area contributed by atoms with Crippen molar-refractivity contribution in [1.29, 1.82) is 5.26 Å². The van der Waals surface area contributed by atoms with Gasteiger partial charge in [0.2, 0.25) is 0 Å². The molecule has 0 saturated carbocycles. The first-order valence-corrected chi connectivity index (χ1v) is 5.72. The summed E-state index contributed by atoms with van der Waals surface area (Å²) in [6.45, 7) is 3.27. The van der Waals surface area contributed by atoms with Crippen molar-refractivity contribution >= 4 is 5.69 Å². The van der Waals surface area contributed by atoms with Gasteiger partial charge in [-0.2, -0.15) is 5.26 Å². The molecule has 1 aliphatic heterocycles. The van der Waals surface area contributed by atoms with Gasteiger partial charge in [-0.1, -0.05) is 0 Å². The quantitative estimate of drug-likeness (QED) is 0.767. The van der Waals surface area contributed by atoms with Gasteiger partial charge in [-0.05, 0) is 12.1 Å². The second kappa shape index (κ2) is 5.51. The lowest BCUT2D eigenvalue weighted by molar-refractivity contribution is 0.122. The van der Waals surface area contributed by atoms with Gasteiger partial charge >= 0.3 is 0 Å². The van der Waals surface area contributed by atoms with Gasteiger partial charge in [-0.3, -0.25) is 4.79 Å². The van der Waals surface area contributed by atoms with Crippen molar-refractivity contribution in [3.8, 4) is 6.07 Å². The predicted octanol–water partition coefficient (Wildman–Crippen LogP) is 0.599. The summed E-state index contributed by atoms with van der Waals surface area (Å²) in [6.07, 6.45) is 2.08. The highest BCUT2D eigenvalue weighted by molar-refractivity contribution is 5.44. The number of pyridine rings is 1. The topological polar surface area (TPSA) is 58.3 Å². The lowest BCUT2D eigenvalue weighted by Gasteiger charge is -2.28. The zero-order valence-corrected chi connectivity index (χ0v) is 9.63. The Labute approximate surface area is 99.8 Å². The Morgan fingerprint density at radius 3 is 2.88 bits per heavy atom. The maximum Gasteiger partial charge on any atom is 0.274 e. The summed E-state index contributed by atoms with van der Waals surface area (Å²) < 4.78 is 6.85. The van der Waals surface area contributed by atoms with Crippen molar-refractivity contribution in [2.45, 2.75) is 13.0 Å². The molecule has 0 aromatic carbocycles. The number of aromatic nitrogens is 1. The Morgan fingerprint density at radius 2 is 2.18 bits per heavy atom. The molecular weight excluding hydrogens is 218 g/mol. The van der Waals surface area contributed by atoms with Gasteiger partial charge in [-0.15, -0.1) is 0 Å². The maximum atomic E-state index is 12.1. The standard InChI is InChI=1S/C12H15N3O2/c13-4-2-6-15-5-1-3-11(12(15)16)14-7-9-17-10-8-14/h1,3,5H,2,6-10H2. The lowest BCUT2D eigenvalue weighted by atomic mass is 10.3. The third kappa shape index (κ3) is 2.66. The maximum absolute atomic E-state index is 12.1. The molecule has 0 aliphatic carbocycles. The van der Waals surface area contributed by atoms with Gasteiger partial charge in [-0.25, -0.2) is 0 Å². The number of nitriles is 1. The molecule has 2 heterocycles. The summed E-state index contributed by atoms with van der Waals surface area (Å²) in [5, 5.41) is 8.54. The molecule has 0 atom stereocenters. The number of hydrogen-bond donors (Lipinski definition) is 0. The molecule has 1 aliphatic rings. The molecule has 0 spiro atoms. The van der Waals surface area contributed by atoms with E-state index in [1.807, 2.05) is 23.1 Å². The van der Waals surface area contributed by atoms with E-state index in [0.29, 0.717) is 31.9 Å². The lowest BCUT2D eigenvalue weighted by Crippen LogP contribution is -2.40. The van der Waals surface area contributed by atoms with Crippen molar-refractivity contribution in [3.63, 3.8) is 0 Å². The molecule has 17 heavy (non-hydrogen) atoms. The molecule has 5 nitrogen and oxygen atoms in total. The molecule has 90 valence electrons. The van der Waals surface area contributed by atoms with Crippen molar-refractivity contribution in [2.24, 2.45) is 0 Å². The Kier molecular flexibility index (Phi) is 3.78. The minimum absolute atomic E-state index is 0.0235. The van der Waals surface area contributed by atoms with E-state index in [9.17, 15) is 4.79 Å². The van der Waals surface area contributed by atoms with Gasteiger partial charge in [0.1, 0.15) is 5.69 Å². The molecule has 0 unspecified atom stereocenters. The van der Waals surface area contributed by atoms with Crippen LogP contribution in [0.4, 0.5) is 5.69 Å². The molecule has 1 saturated heterocycles. The Balaban J connectivity index is 2.22. The summed E-state index contributed by atoms with van der Waals surface area (Å²) in [7, 11) is 0. The number of morpholine rings is 1. The molecule has 0 amide bonds. The van der Waals surface area contributed by atoms with Crippen LogP contribution in [0, 0.1) is 11.3 Å². The summed E-state index contributed by atoms with van der Waals surface area (Å²) in [5.74, 6) is 0. The highest BCUT2D eigenvalue weighted by atomic mass is 16.5. The number of rotatable bonds is 3. The fourth-order valence-electron chi connectivity index (χ4n) is 1.92. The monoisotopic (exact) mass is 233 g/mol. The zero-order chi connectivity index (χ0) is 12.1. The highest BCUT2D eigenvalue weighted by Crippen LogP contribution is 2.09. The number of aryl methyl sites for hydroxylation is 1. The van der Waals surface area contributed by atoms with E-state index < -0.39 is 0 Å². The first-order chi connectivity index (χ1) is 8.33. The zero-order valence-electron chi connectivity index (χ0n) is 9.63. The summed E-state index contributed by atoms with van der Waals surface area (Å²) in [5.41, 5.74) is 0.679. The third-order valence-corrected chi connectivity index (χ3v) is 2.82. The van der Waals surface area contributed by atoms with Crippen LogP contribution in [-0.4, -0.2) is 30.9 Å². The van der Waals surface area contributed by atoms with E-state index in [2.05, 4.69) is 0 Å². The van der Waals surface area contributed by atoms with E-state index in [1.54, 1.807) is 10.8 Å². The smallest absolute Gasteiger partial charge is 0.274 e. The fourth-order valence-corrected chi connectivity index (χ4v) is 1.92. The Bertz CT molecular complexity index is 469. The van der Waals surface area contributed by atoms with Crippen LogP contribution in [0.15, 0.2) is 23.1 Å². The first-order valence-electron chi connectivity index (χ1n) is 5.72. The number of ether oxygens (including phenoxy) is 1. The SMILES string of the molecule is N#CCCn1cccc(N2CCOCC2)c1=O. The molecule has 1 fully saturated rings. The third-order valence-electron chi connectivity index (χ3n) is 2.82. The molecule has 0 N–H and O–H groups in total. The molecule has 1 aromatic heterocycles. The molecule has 5 heteroatoms. The normalized spacial score (nSPS) is 15.6. The van der Waals surface area contributed by atoms with Gasteiger partial charge in [0.25, 0.3) is 5.56 Å². The van der Waals surface area contributed by atoms with Crippen LogP contribution in [-0.2, 0) is 11.3 Å². The fraction of sp³-hybridized carbons (Fsp3) is 0.500. The summed E-state index contributed by atoms with van der Waals surface area (Å²) in [6, 6.07) is 5.73.